The lowest BCUT2D eigenvalue weighted by Crippen LogP contribution is -2.38. The maximum absolute atomic E-state index is 13.5. The number of hydrogen-bond donors (Lipinski definition) is 1. The number of amides is 1. The monoisotopic (exact) mass is 465 g/mol. The fourth-order valence-electron chi connectivity index (χ4n) is 4.40. The Hall–Kier alpha value is -3.36. The van der Waals surface area contributed by atoms with Gasteiger partial charge in [0.2, 0.25) is 0 Å². The Labute approximate surface area is 199 Å². The summed E-state index contributed by atoms with van der Waals surface area (Å²) in [4.78, 5) is 15.3. The Kier molecular flexibility index (Phi) is 6.90. The minimum atomic E-state index is -0.553. The Bertz CT molecular complexity index is 1150. The number of rotatable bonds is 9. The minimum absolute atomic E-state index is 0.147. The van der Waals surface area contributed by atoms with Crippen molar-refractivity contribution in [2.24, 2.45) is 0 Å². The lowest BCUT2D eigenvalue weighted by molar-refractivity contribution is -0.113. The van der Waals surface area contributed by atoms with Gasteiger partial charge in [-0.25, -0.2) is 0 Å². The highest BCUT2D eigenvalue weighted by Crippen LogP contribution is 2.44. The van der Waals surface area contributed by atoms with Gasteiger partial charge in [-0.05, 0) is 35.2 Å². The van der Waals surface area contributed by atoms with Crippen LogP contribution in [0.25, 0.3) is 11.3 Å². The van der Waals surface area contributed by atoms with E-state index in [1.807, 2.05) is 18.2 Å². The summed E-state index contributed by atoms with van der Waals surface area (Å²) < 4.78 is 21.7. The predicted molar refractivity (Wildman–Crippen MR) is 128 cm³/mol. The van der Waals surface area contributed by atoms with E-state index in [2.05, 4.69) is 48.3 Å². The lowest BCUT2D eigenvalue weighted by atomic mass is 9.93. The first-order chi connectivity index (χ1) is 16.4. The number of benzene rings is 2. The normalized spacial score (nSPS) is 15.4. The molecular weight excluding hydrogens is 434 g/mol. The van der Waals surface area contributed by atoms with Crippen molar-refractivity contribution in [3.05, 3.63) is 64.8 Å². The third-order valence-corrected chi connectivity index (χ3v) is 6.31. The molecule has 0 fully saturated rings. The zero-order valence-electron chi connectivity index (χ0n) is 20.4. The van der Waals surface area contributed by atoms with Crippen molar-refractivity contribution < 1.29 is 23.7 Å². The number of H-pyrrole nitrogens is 1. The van der Waals surface area contributed by atoms with Crippen LogP contribution in [0.4, 0.5) is 0 Å². The summed E-state index contributed by atoms with van der Waals surface area (Å²) in [7, 11) is 6.32. The van der Waals surface area contributed by atoms with Crippen LogP contribution in [0.3, 0.4) is 0 Å². The van der Waals surface area contributed by atoms with Crippen LogP contribution in [0.1, 0.15) is 53.0 Å². The average Bonchev–Trinajstić information content (AvgIpc) is 3.40. The van der Waals surface area contributed by atoms with Gasteiger partial charge in [0, 0.05) is 25.3 Å². The highest BCUT2D eigenvalue weighted by atomic mass is 16.7. The predicted octanol–water partition coefficient (Wildman–Crippen LogP) is 4.38. The SMILES string of the molecule is COc1ccc(-c2n[nH]c3c2C(c2ccc(C(C)C)cc2)N(CC(OC)OC)C3=O)cc1OC. The highest BCUT2D eigenvalue weighted by Gasteiger charge is 2.43. The molecule has 0 saturated carbocycles. The van der Waals surface area contributed by atoms with Gasteiger partial charge < -0.3 is 23.8 Å². The molecule has 2 aromatic carbocycles. The topological polar surface area (TPSA) is 85.9 Å². The number of carbonyl (C=O) groups excluding carboxylic acids is 1. The van der Waals surface area contributed by atoms with Gasteiger partial charge in [-0.1, -0.05) is 38.1 Å². The van der Waals surface area contributed by atoms with Crippen molar-refractivity contribution in [2.75, 3.05) is 35.0 Å². The molecule has 1 aromatic heterocycles. The largest absolute Gasteiger partial charge is 0.493 e. The van der Waals surface area contributed by atoms with Gasteiger partial charge in [0.15, 0.2) is 17.8 Å². The minimum Gasteiger partial charge on any atom is -0.493 e. The molecule has 4 rings (SSSR count). The van der Waals surface area contributed by atoms with E-state index in [-0.39, 0.29) is 18.5 Å². The zero-order chi connectivity index (χ0) is 24.4. The van der Waals surface area contributed by atoms with Crippen LogP contribution < -0.4 is 9.47 Å². The second kappa shape index (κ2) is 9.87. The fraction of sp³-hybridized carbons (Fsp3) is 0.385. The van der Waals surface area contributed by atoms with Crippen LogP contribution in [-0.2, 0) is 9.47 Å². The first-order valence-electron chi connectivity index (χ1n) is 11.2. The second-order valence-corrected chi connectivity index (χ2v) is 8.51. The molecule has 0 bridgehead atoms. The standard InChI is InChI=1S/C26H31N3O5/c1-15(2)16-7-9-17(10-8-16)25-22-23(18-11-12-19(31-3)20(13-18)32-4)27-28-24(22)26(30)29(25)14-21(33-5)34-6/h7-13,15,21,25H,14H2,1-6H3,(H,27,28). The van der Waals surface area contributed by atoms with Crippen molar-refractivity contribution >= 4 is 5.91 Å². The van der Waals surface area contributed by atoms with Gasteiger partial charge in [0.1, 0.15) is 5.69 Å². The van der Waals surface area contributed by atoms with E-state index in [0.717, 1.165) is 16.7 Å². The molecule has 1 amide bonds. The molecule has 2 heterocycles. The number of methoxy groups -OCH3 is 4. The third kappa shape index (κ3) is 4.15. The molecule has 0 spiro atoms. The summed E-state index contributed by atoms with van der Waals surface area (Å²) >= 11 is 0. The molecular formula is C26H31N3O5. The molecule has 1 aliphatic rings. The summed E-state index contributed by atoms with van der Waals surface area (Å²) in [6.07, 6.45) is -0.553. The van der Waals surface area contributed by atoms with Gasteiger partial charge >= 0.3 is 0 Å². The Balaban J connectivity index is 1.84. The molecule has 34 heavy (non-hydrogen) atoms. The Morgan fingerprint density at radius 2 is 1.65 bits per heavy atom. The van der Waals surface area contributed by atoms with E-state index < -0.39 is 6.29 Å². The van der Waals surface area contributed by atoms with Crippen molar-refractivity contribution in [2.45, 2.75) is 32.1 Å². The summed E-state index contributed by atoms with van der Waals surface area (Å²) in [5.74, 6) is 1.48. The third-order valence-electron chi connectivity index (χ3n) is 6.31. The van der Waals surface area contributed by atoms with Crippen LogP contribution in [0.5, 0.6) is 11.5 Å². The number of nitrogens with one attached hydrogen (secondary N) is 1. The summed E-state index contributed by atoms with van der Waals surface area (Å²) in [6.45, 7) is 4.59. The smallest absolute Gasteiger partial charge is 0.273 e. The molecule has 180 valence electrons. The second-order valence-electron chi connectivity index (χ2n) is 8.51. The van der Waals surface area contributed by atoms with Gasteiger partial charge in [0.05, 0.1) is 32.5 Å². The number of carbonyl (C=O) groups is 1. The number of nitrogens with zero attached hydrogens (tertiary/aromatic N) is 2. The van der Waals surface area contributed by atoms with Crippen molar-refractivity contribution in [3.8, 4) is 22.8 Å². The number of aromatic nitrogens is 2. The van der Waals surface area contributed by atoms with Crippen molar-refractivity contribution in [3.63, 3.8) is 0 Å². The van der Waals surface area contributed by atoms with Crippen LogP contribution in [0.15, 0.2) is 42.5 Å². The summed E-state index contributed by atoms with van der Waals surface area (Å²) in [6, 6.07) is 13.7. The first-order valence-corrected chi connectivity index (χ1v) is 11.2. The maximum atomic E-state index is 13.5. The number of fused-ring (bicyclic) bond motifs is 1. The average molecular weight is 466 g/mol. The molecule has 8 nitrogen and oxygen atoms in total. The molecule has 8 heteroatoms. The molecule has 1 atom stereocenters. The molecule has 1 unspecified atom stereocenters. The Morgan fingerprint density at radius 1 is 0.971 bits per heavy atom. The van der Waals surface area contributed by atoms with E-state index in [4.69, 9.17) is 18.9 Å². The van der Waals surface area contributed by atoms with Crippen molar-refractivity contribution in [1.82, 2.24) is 15.1 Å². The molecule has 0 aliphatic carbocycles. The van der Waals surface area contributed by atoms with Crippen LogP contribution in [0.2, 0.25) is 0 Å². The van der Waals surface area contributed by atoms with E-state index in [9.17, 15) is 4.79 Å². The van der Waals surface area contributed by atoms with Gasteiger partial charge in [0.25, 0.3) is 5.91 Å². The lowest BCUT2D eigenvalue weighted by Gasteiger charge is -2.29. The maximum Gasteiger partial charge on any atom is 0.273 e. The first kappa shape index (κ1) is 23.8. The number of ether oxygens (including phenoxy) is 4. The van der Waals surface area contributed by atoms with Crippen LogP contribution in [-0.4, -0.2) is 62.3 Å². The Morgan fingerprint density at radius 3 is 2.24 bits per heavy atom. The highest BCUT2D eigenvalue weighted by molar-refractivity contribution is 6.00. The number of hydrogen-bond acceptors (Lipinski definition) is 6. The van der Waals surface area contributed by atoms with Gasteiger partial charge in [-0.2, -0.15) is 5.10 Å². The van der Waals surface area contributed by atoms with E-state index in [1.54, 1.807) is 33.3 Å². The quantitative estimate of drug-likeness (QED) is 0.472. The summed E-state index contributed by atoms with van der Waals surface area (Å²) in [5.41, 5.74) is 5.03. The van der Waals surface area contributed by atoms with Crippen LogP contribution >= 0.6 is 0 Å². The molecule has 1 N–H and O–H groups in total. The van der Waals surface area contributed by atoms with Gasteiger partial charge in [-0.15, -0.1) is 0 Å². The molecule has 0 radical (unpaired) electrons. The zero-order valence-corrected chi connectivity index (χ0v) is 20.4. The van der Waals surface area contributed by atoms with Gasteiger partial charge in [-0.3, -0.25) is 9.89 Å². The van der Waals surface area contributed by atoms with E-state index in [0.29, 0.717) is 28.8 Å². The van der Waals surface area contributed by atoms with Crippen LogP contribution in [0, 0.1) is 0 Å². The van der Waals surface area contributed by atoms with Crippen molar-refractivity contribution in [1.29, 1.82) is 0 Å². The molecule has 0 saturated heterocycles. The summed E-state index contributed by atoms with van der Waals surface area (Å²) in [5, 5.41) is 7.51. The van der Waals surface area contributed by atoms with E-state index in [1.165, 1.54) is 5.56 Å². The fourth-order valence-corrected chi connectivity index (χ4v) is 4.40. The number of aromatic amines is 1. The van der Waals surface area contributed by atoms with E-state index >= 15 is 0 Å². The molecule has 1 aliphatic heterocycles. The molecule has 3 aromatic rings.